The van der Waals surface area contributed by atoms with Crippen LogP contribution >= 0.6 is 0 Å². The topological polar surface area (TPSA) is 90.0 Å². The molecule has 1 aromatic heterocycles. The van der Waals surface area contributed by atoms with Crippen molar-refractivity contribution in [2.75, 3.05) is 12.3 Å². The van der Waals surface area contributed by atoms with E-state index in [0.29, 0.717) is 19.5 Å². The summed E-state index contributed by atoms with van der Waals surface area (Å²) in [5.74, 6) is 0.0229. The Morgan fingerprint density at radius 2 is 2.29 bits per heavy atom. The van der Waals surface area contributed by atoms with E-state index in [2.05, 4.69) is 17.3 Å². The van der Waals surface area contributed by atoms with Gasteiger partial charge in [-0.15, -0.1) is 0 Å². The van der Waals surface area contributed by atoms with E-state index >= 15 is 0 Å². The molecule has 0 aliphatic rings. The Morgan fingerprint density at radius 3 is 2.94 bits per heavy atom. The average molecular weight is 260 g/mol. The maximum atomic E-state index is 10.7. The third-order valence-corrected chi connectivity index (χ3v) is 3.11. The van der Waals surface area contributed by atoms with E-state index in [1.54, 1.807) is 0 Å². The molecule has 17 heavy (non-hydrogen) atoms. The van der Waals surface area contributed by atoms with Crippen molar-refractivity contribution in [1.82, 2.24) is 15.1 Å². The van der Waals surface area contributed by atoms with Gasteiger partial charge in [0.2, 0.25) is 10.0 Å². The summed E-state index contributed by atoms with van der Waals surface area (Å²) in [6, 6.07) is 0. The summed E-state index contributed by atoms with van der Waals surface area (Å²) in [6.07, 6.45) is 5.41. The summed E-state index contributed by atoms with van der Waals surface area (Å²) in [5, 5.41) is 12.3. The number of hydrogen-bond donors (Lipinski definition) is 2. The smallest absolute Gasteiger partial charge is 0.209 e. The maximum Gasteiger partial charge on any atom is 0.209 e. The molecule has 7 heteroatoms. The van der Waals surface area contributed by atoms with Gasteiger partial charge < -0.3 is 5.32 Å². The van der Waals surface area contributed by atoms with Crippen LogP contribution < -0.4 is 10.5 Å². The zero-order valence-corrected chi connectivity index (χ0v) is 10.9. The Labute approximate surface area is 102 Å². The first-order valence-electron chi connectivity index (χ1n) is 5.74. The number of sulfonamides is 1. The molecule has 0 radical (unpaired) electrons. The van der Waals surface area contributed by atoms with Crippen molar-refractivity contribution < 1.29 is 8.42 Å². The third-order valence-electron chi connectivity index (χ3n) is 2.25. The molecule has 0 saturated carbocycles. The van der Waals surface area contributed by atoms with E-state index < -0.39 is 10.0 Å². The first-order valence-corrected chi connectivity index (χ1v) is 7.45. The number of aryl methyl sites for hydroxylation is 1. The number of hydrogen-bond acceptors (Lipinski definition) is 4. The Bertz CT molecular complexity index is 427. The fourth-order valence-corrected chi connectivity index (χ4v) is 2.03. The zero-order chi connectivity index (χ0) is 12.7. The van der Waals surface area contributed by atoms with Gasteiger partial charge in [0.25, 0.3) is 0 Å². The second-order valence-corrected chi connectivity index (χ2v) is 5.74. The molecule has 0 spiro atoms. The van der Waals surface area contributed by atoms with Crippen LogP contribution in [0, 0.1) is 0 Å². The van der Waals surface area contributed by atoms with Crippen LogP contribution in [0.15, 0.2) is 12.4 Å². The molecule has 1 heterocycles. The molecular weight excluding hydrogens is 240 g/mol. The molecule has 0 amide bonds. The Kier molecular flexibility index (Phi) is 5.60. The van der Waals surface area contributed by atoms with E-state index in [-0.39, 0.29) is 5.75 Å². The third kappa shape index (κ3) is 6.40. The second-order valence-electron chi connectivity index (χ2n) is 4.01. The SMILES string of the molecule is CCCn1cc(CNCCCS(N)(=O)=O)cn1. The number of nitrogens with two attached hydrogens (primary N) is 1. The predicted molar refractivity (Wildman–Crippen MR) is 66.8 cm³/mol. The fraction of sp³-hybridized carbons (Fsp3) is 0.700. The Hall–Kier alpha value is -0.920. The lowest BCUT2D eigenvalue weighted by molar-refractivity contribution is 0.590. The van der Waals surface area contributed by atoms with Crippen molar-refractivity contribution in [2.24, 2.45) is 5.14 Å². The van der Waals surface area contributed by atoms with Gasteiger partial charge in [0.05, 0.1) is 11.9 Å². The molecule has 6 nitrogen and oxygen atoms in total. The largest absolute Gasteiger partial charge is 0.313 e. The fourth-order valence-electron chi connectivity index (χ4n) is 1.48. The van der Waals surface area contributed by atoms with Gasteiger partial charge in [-0.1, -0.05) is 6.92 Å². The second kappa shape index (κ2) is 6.73. The zero-order valence-electron chi connectivity index (χ0n) is 10.1. The van der Waals surface area contributed by atoms with Gasteiger partial charge in [0.1, 0.15) is 0 Å². The van der Waals surface area contributed by atoms with Crippen molar-refractivity contribution in [2.45, 2.75) is 32.9 Å². The quantitative estimate of drug-likeness (QED) is 0.647. The van der Waals surface area contributed by atoms with Crippen LogP contribution in [-0.4, -0.2) is 30.5 Å². The minimum atomic E-state index is -3.33. The van der Waals surface area contributed by atoms with Gasteiger partial charge in [0, 0.05) is 24.8 Å². The molecule has 0 atom stereocenters. The molecule has 1 aromatic rings. The molecule has 0 fully saturated rings. The van der Waals surface area contributed by atoms with Gasteiger partial charge in [-0.25, -0.2) is 13.6 Å². The molecule has 0 bridgehead atoms. The molecule has 0 unspecified atom stereocenters. The average Bonchev–Trinajstić information content (AvgIpc) is 2.64. The highest BCUT2D eigenvalue weighted by molar-refractivity contribution is 7.89. The molecule has 3 N–H and O–H groups in total. The molecule has 0 aliphatic carbocycles. The summed E-state index contributed by atoms with van der Waals surface area (Å²) in [7, 11) is -3.33. The maximum absolute atomic E-state index is 10.7. The van der Waals surface area contributed by atoms with Crippen molar-refractivity contribution in [1.29, 1.82) is 0 Å². The molecule has 98 valence electrons. The van der Waals surface area contributed by atoms with Gasteiger partial charge in [-0.2, -0.15) is 5.10 Å². The summed E-state index contributed by atoms with van der Waals surface area (Å²) >= 11 is 0. The van der Waals surface area contributed by atoms with Crippen molar-refractivity contribution >= 4 is 10.0 Å². The molecular formula is C10H20N4O2S. The van der Waals surface area contributed by atoms with Crippen LogP contribution in [0.1, 0.15) is 25.3 Å². The Balaban J connectivity index is 2.17. The number of nitrogens with one attached hydrogen (secondary N) is 1. The molecule has 1 rings (SSSR count). The minimum Gasteiger partial charge on any atom is -0.313 e. The highest BCUT2D eigenvalue weighted by Gasteiger charge is 2.02. The number of nitrogens with zero attached hydrogens (tertiary/aromatic N) is 2. The van der Waals surface area contributed by atoms with Gasteiger partial charge in [-0.05, 0) is 19.4 Å². The van der Waals surface area contributed by atoms with E-state index in [1.807, 2.05) is 17.1 Å². The first kappa shape index (κ1) is 14.1. The summed E-state index contributed by atoms with van der Waals surface area (Å²) in [5.41, 5.74) is 1.11. The van der Waals surface area contributed by atoms with Crippen molar-refractivity contribution in [3.05, 3.63) is 18.0 Å². The monoisotopic (exact) mass is 260 g/mol. The van der Waals surface area contributed by atoms with E-state index in [0.717, 1.165) is 18.5 Å². The highest BCUT2D eigenvalue weighted by Crippen LogP contribution is 1.98. The van der Waals surface area contributed by atoms with E-state index in [1.165, 1.54) is 0 Å². The van der Waals surface area contributed by atoms with Crippen molar-refractivity contribution in [3.63, 3.8) is 0 Å². The van der Waals surface area contributed by atoms with Gasteiger partial charge >= 0.3 is 0 Å². The normalized spacial score (nSPS) is 11.9. The molecule has 0 saturated heterocycles. The predicted octanol–water partition coefficient (Wildman–Crippen LogP) is 0.0613. The van der Waals surface area contributed by atoms with Crippen LogP contribution in [0.3, 0.4) is 0 Å². The van der Waals surface area contributed by atoms with E-state index in [9.17, 15) is 8.42 Å². The van der Waals surface area contributed by atoms with Gasteiger partial charge in [-0.3, -0.25) is 4.68 Å². The molecule has 0 aliphatic heterocycles. The molecule has 0 aromatic carbocycles. The van der Waals surface area contributed by atoms with Crippen LogP contribution in [0.4, 0.5) is 0 Å². The van der Waals surface area contributed by atoms with Crippen LogP contribution in [0.25, 0.3) is 0 Å². The summed E-state index contributed by atoms with van der Waals surface area (Å²) < 4.78 is 23.3. The standard InChI is InChI=1S/C10H20N4O2S/c1-2-5-14-9-10(8-13-14)7-12-4-3-6-17(11,15)16/h8-9,12H,2-7H2,1H3,(H2,11,15,16). The summed E-state index contributed by atoms with van der Waals surface area (Å²) in [4.78, 5) is 0. The highest BCUT2D eigenvalue weighted by atomic mass is 32.2. The number of rotatable bonds is 8. The van der Waals surface area contributed by atoms with Crippen LogP contribution in [0.5, 0.6) is 0 Å². The number of aromatic nitrogens is 2. The van der Waals surface area contributed by atoms with E-state index in [4.69, 9.17) is 5.14 Å². The lowest BCUT2D eigenvalue weighted by Gasteiger charge is -2.01. The van der Waals surface area contributed by atoms with Crippen LogP contribution in [0.2, 0.25) is 0 Å². The first-order chi connectivity index (χ1) is 8.01. The van der Waals surface area contributed by atoms with Crippen molar-refractivity contribution in [3.8, 4) is 0 Å². The minimum absolute atomic E-state index is 0.0229. The Morgan fingerprint density at radius 1 is 1.53 bits per heavy atom. The van der Waals surface area contributed by atoms with Gasteiger partial charge in [0.15, 0.2) is 0 Å². The van der Waals surface area contributed by atoms with Crippen LogP contribution in [-0.2, 0) is 23.1 Å². The number of primary sulfonamides is 1. The lowest BCUT2D eigenvalue weighted by atomic mass is 10.3. The lowest BCUT2D eigenvalue weighted by Crippen LogP contribution is -2.21. The summed E-state index contributed by atoms with van der Waals surface area (Å²) in [6.45, 7) is 4.36.